The third kappa shape index (κ3) is 4.13. The molecule has 6 aromatic carbocycles. The van der Waals surface area contributed by atoms with Gasteiger partial charge in [-0.25, -0.2) is 15.0 Å². The summed E-state index contributed by atoms with van der Waals surface area (Å²) in [7, 11) is 0. The molecule has 3 nitrogen and oxygen atoms in total. The van der Waals surface area contributed by atoms with Crippen LogP contribution in [0.3, 0.4) is 0 Å². The Balaban J connectivity index is 1.26. The molecule has 44 heavy (non-hydrogen) atoms. The largest absolute Gasteiger partial charge is 0.208 e. The van der Waals surface area contributed by atoms with Gasteiger partial charge in [-0.1, -0.05) is 109 Å². The summed E-state index contributed by atoms with van der Waals surface area (Å²) >= 11 is 3.63. The molecule has 0 N–H and O–H groups in total. The maximum absolute atomic E-state index is 5.14. The highest BCUT2D eigenvalue weighted by molar-refractivity contribution is 7.26. The van der Waals surface area contributed by atoms with Crippen LogP contribution in [0.15, 0.2) is 140 Å². The lowest BCUT2D eigenvalue weighted by molar-refractivity contribution is 1.08. The van der Waals surface area contributed by atoms with E-state index in [1.807, 2.05) is 29.5 Å². The SMILES string of the molecule is c1ccc(-c2nc(-c3ccc4sc5c(-c6ccccc6)cccc5c4c3)nc(-c3cccc4c3sc3ccccc34)n2)cc1. The average molecular weight is 598 g/mol. The number of fused-ring (bicyclic) bond motifs is 6. The summed E-state index contributed by atoms with van der Waals surface area (Å²) in [6.45, 7) is 0. The molecule has 9 aromatic rings. The van der Waals surface area contributed by atoms with Crippen molar-refractivity contribution in [3.63, 3.8) is 0 Å². The summed E-state index contributed by atoms with van der Waals surface area (Å²) in [6.07, 6.45) is 0. The molecule has 0 bridgehead atoms. The second-order valence-corrected chi connectivity index (χ2v) is 12.9. The van der Waals surface area contributed by atoms with Crippen molar-refractivity contribution < 1.29 is 0 Å². The van der Waals surface area contributed by atoms with E-state index in [1.54, 1.807) is 11.3 Å². The maximum Gasteiger partial charge on any atom is 0.165 e. The topological polar surface area (TPSA) is 38.7 Å². The molecule has 0 radical (unpaired) electrons. The fourth-order valence-corrected chi connectivity index (χ4v) is 8.48. The highest BCUT2D eigenvalue weighted by atomic mass is 32.1. The Bertz CT molecular complexity index is 2500. The molecule has 0 aliphatic rings. The number of hydrogen-bond donors (Lipinski definition) is 0. The molecule has 3 aromatic heterocycles. The molecule has 5 heteroatoms. The molecule has 3 heterocycles. The van der Waals surface area contributed by atoms with Crippen LogP contribution in [0.2, 0.25) is 0 Å². The third-order valence-electron chi connectivity index (χ3n) is 8.15. The van der Waals surface area contributed by atoms with Crippen molar-refractivity contribution in [2.45, 2.75) is 0 Å². The number of rotatable bonds is 4. The van der Waals surface area contributed by atoms with Crippen molar-refractivity contribution in [3.05, 3.63) is 140 Å². The fraction of sp³-hybridized carbons (Fsp3) is 0. The van der Waals surface area contributed by atoms with Gasteiger partial charge >= 0.3 is 0 Å². The van der Waals surface area contributed by atoms with E-state index >= 15 is 0 Å². The van der Waals surface area contributed by atoms with E-state index in [0.29, 0.717) is 17.5 Å². The molecule has 0 aliphatic heterocycles. The summed E-state index contributed by atoms with van der Waals surface area (Å²) in [6, 6.07) is 49.0. The Labute approximate surface area is 261 Å². The van der Waals surface area contributed by atoms with E-state index < -0.39 is 0 Å². The normalized spacial score (nSPS) is 11.6. The van der Waals surface area contributed by atoms with E-state index in [1.165, 1.54) is 51.5 Å². The maximum atomic E-state index is 5.14. The van der Waals surface area contributed by atoms with E-state index in [0.717, 1.165) is 16.7 Å². The van der Waals surface area contributed by atoms with Crippen molar-refractivity contribution in [2.75, 3.05) is 0 Å². The zero-order valence-electron chi connectivity index (χ0n) is 23.4. The first-order valence-electron chi connectivity index (χ1n) is 14.5. The van der Waals surface area contributed by atoms with Gasteiger partial charge in [0.05, 0.1) is 0 Å². The second kappa shape index (κ2) is 10.2. The predicted octanol–water partition coefficient (Wildman–Crippen LogP) is 11.3. The lowest BCUT2D eigenvalue weighted by Crippen LogP contribution is -2.00. The van der Waals surface area contributed by atoms with Gasteiger partial charge in [-0.15, -0.1) is 22.7 Å². The van der Waals surface area contributed by atoms with Crippen LogP contribution in [0.5, 0.6) is 0 Å². The number of nitrogens with zero attached hydrogens (tertiary/aromatic N) is 3. The second-order valence-electron chi connectivity index (χ2n) is 10.8. The van der Waals surface area contributed by atoms with Crippen LogP contribution in [0.25, 0.3) is 85.6 Å². The Morgan fingerprint density at radius 1 is 0.341 bits per heavy atom. The van der Waals surface area contributed by atoms with Crippen LogP contribution in [-0.4, -0.2) is 15.0 Å². The zero-order chi connectivity index (χ0) is 29.0. The van der Waals surface area contributed by atoms with Gasteiger partial charge in [-0.2, -0.15) is 0 Å². The summed E-state index contributed by atoms with van der Waals surface area (Å²) in [5, 5.41) is 4.96. The molecule has 0 saturated heterocycles. The molecule has 0 aliphatic carbocycles. The first-order valence-corrected chi connectivity index (χ1v) is 16.2. The first kappa shape index (κ1) is 25.3. The van der Waals surface area contributed by atoms with Crippen molar-refractivity contribution in [3.8, 4) is 45.3 Å². The van der Waals surface area contributed by atoms with Gasteiger partial charge < -0.3 is 0 Å². The lowest BCUT2D eigenvalue weighted by Gasteiger charge is -2.09. The molecular formula is C39H23N3S2. The van der Waals surface area contributed by atoms with Gasteiger partial charge in [0.25, 0.3) is 0 Å². The monoisotopic (exact) mass is 597 g/mol. The molecule has 0 saturated carbocycles. The van der Waals surface area contributed by atoms with Crippen LogP contribution in [0, 0.1) is 0 Å². The van der Waals surface area contributed by atoms with E-state index in [2.05, 4.69) is 121 Å². The summed E-state index contributed by atoms with van der Waals surface area (Å²) < 4.78 is 5.00. The average Bonchev–Trinajstić information content (AvgIpc) is 3.67. The minimum atomic E-state index is 0.672. The smallest absolute Gasteiger partial charge is 0.165 e. The van der Waals surface area contributed by atoms with E-state index in [-0.39, 0.29) is 0 Å². The van der Waals surface area contributed by atoms with Crippen molar-refractivity contribution in [1.82, 2.24) is 15.0 Å². The van der Waals surface area contributed by atoms with Gasteiger partial charge in [0.2, 0.25) is 0 Å². The Kier molecular flexibility index (Phi) is 5.86. The van der Waals surface area contributed by atoms with Crippen molar-refractivity contribution in [1.29, 1.82) is 0 Å². The molecule has 0 amide bonds. The number of benzene rings is 6. The molecule has 0 unspecified atom stereocenters. The van der Waals surface area contributed by atoms with E-state index in [9.17, 15) is 0 Å². The number of hydrogen-bond acceptors (Lipinski definition) is 5. The van der Waals surface area contributed by atoms with Crippen LogP contribution >= 0.6 is 22.7 Å². The molecule has 0 fully saturated rings. The van der Waals surface area contributed by atoms with Crippen LogP contribution in [0.1, 0.15) is 0 Å². The van der Waals surface area contributed by atoms with Crippen molar-refractivity contribution >= 4 is 63.0 Å². The molecule has 0 atom stereocenters. The number of thiophene rings is 2. The Hall–Kier alpha value is -5.23. The van der Waals surface area contributed by atoms with Crippen LogP contribution in [0.4, 0.5) is 0 Å². The summed E-state index contributed by atoms with van der Waals surface area (Å²) in [4.78, 5) is 15.2. The van der Waals surface area contributed by atoms with Crippen LogP contribution < -0.4 is 0 Å². The molecule has 0 spiro atoms. The minimum absolute atomic E-state index is 0.672. The fourth-order valence-electron chi connectivity index (χ4n) is 6.05. The lowest BCUT2D eigenvalue weighted by atomic mass is 10.0. The van der Waals surface area contributed by atoms with Gasteiger partial charge in [-0.3, -0.25) is 0 Å². The highest BCUT2D eigenvalue weighted by Crippen LogP contribution is 2.42. The van der Waals surface area contributed by atoms with Gasteiger partial charge in [0, 0.05) is 57.0 Å². The summed E-state index contributed by atoms with van der Waals surface area (Å²) in [5.74, 6) is 2.03. The quantitative estimate of drug-likeness (QED) is 0.203. The molecular weight excluding hydrogens is 575 g/mol. The molecule has 9 rings (SSSR count). The Morgan fingerprint density at radius 3 is 1.66 bits per heavy atom. The van der Waals surface area contributed by atoms with Gasteiger partial charge in [-0.05, 0) is 41.5 Å². The molecule has 206 valence electrons. The minimum Gasteiger partial charge on any atom is -0.208 e. The highest BCUT2D eigenvalue weighted by Gasteiger charge is 2.18. The zero-order valence-corrected chi connectivity index (χ0v) is 25.1. The van der Waals surface area contributed by atoms with Gasteiger partial charge in [0.1, 0.15) is 0 Å². The Morgan fingerprint density at radius 2 is 0.886 bits per heavy atom. The summed E-state index contributed by atoms with van der Waals surface area (Å²) in [5.41, 5.74) is 5.47. The van der Waals surface area contributed by atoms with Crippen molar-refractivity contribution in [2.24, 2.45) is 0 Å². The van der Waals surface area contributed by atoms with Crippen LogP contribution in [-0.2, 0) is 0 Å². The predicted molar refractivity (Wildman–Crippen MR) is 187 cm³/mol. The number of aromatic nitrogens is 3. The van der Waals surface area contributed by atoms with E-state index in [4.69, 9.17) is 15.0 Å². The van der Waals surface area contributed by atoms with Gasteiger partial charge in [0.15, 0.2) is 17.5 Å². The third-order valence-corrected chi connectivity index (χ3v) is 10.6. The first-order chi connectivity index (χ1) is 21.8. The standard InChI is InChI=1S/C39H23N3S2/c1-3-11-24(12-4-1)27-16-9-18-30-32-23-26(21-22-34(32)44-35(27)30)38-40-37(25-13-5-2-6-14-25)41-39(42-38)31-19-10-17-29-28-15-7-8-20-33(28)43-36(29)31/h1-23H.